The van der Waals surface area contributed by atoms with Gasteiger partial charge in [-0.2, -0.15) is 5.26 Å². The number of aliphatic hydroxyl groups is 1. The molecule has 1 aromatic carbocycles. The van der Waals surface area contributed by atoms with Crippen LogP contribution in [0.15, 0.2) is 48.8 Å². The van der Waals surface area contributed by atoms with Gasteiger partial charge < -0.3 is 20.5 Å². The normalized spacial score (nSPS) is 14.3. The van der Waals surface area contributed by atoms with E-state index < -0.39 is 5.60 Å². The number of pyridine rings is 2. The molecule has 0 unspecified atom stereocenters. The number of amides is 1. The summed E-state index contributed by atoms with van der Waals surface area (Å²) in [6, 6.07) is 13.1. The molecular formula is C27H29N5O3. The van der Waals surface area contributed by atoms with E-state index in [2.05, 4.69) is 26.7 Å². The van der Waals surface area contributed by atoms with Crippen molar-refractivity contribution < 1.29 is 14.6 Å². The first-order valence-corrected chi connectivity index (χ1v) is 11.6. The Bertz CT molecular complexity index is 1270. The molecule has 35 heavy (non-hydrogen) atoms. The molecule has 0 aliphatic carbocycles. The summed E-state index contributed by atoms with van der Waals surface area (Å²) in [5.74, 6) is 0.269. The predicted octanol–water partition coefficient (Wildman–Crippen LogP) is 4.39. The number of nitriles is 1. The second kappa shape index (κ2) is 10.2. The third kappa shape index (κ3) is 5.83. The van der Waals surface area contributed by atoms with Crippen LogP contribution < -0.4 is 10.6 Å². The van der Waals surface area contributed by atoms with Gasteiger partial charge in [0.15, 0.2) is 0 Å². The molecule has 1 saturated heterocycles. The van der Waals surface area contributed by atoms with Gasteiger partial charge in [-0.15, -0.1) is 0 Å². The molecule has 8 nitrogen and oxygen atoms in total. The van der Waals surface area contributed by atoms with Crippen molar-refractivity contribution in [3.05, 3.63) is 71.2 Å². The fourth-order valence-electron chi connectivity index (χ4n) is 3.97. The Hall–Kier alpha value is -3.80. The molecule has 1 amide bonds. The minimum Gasteiger partial charge on any atom is -0.384 e. The predicted molar refractivity (Wildman–Crippen MR) is 134 cm³/mol. The van der Waals surface area contributed by atoms with Crippen molar-refractivity contribution in [1.29, 1.82) is 5.26 Å². The van der Waals surface area contributed by atoms with E-state index in [1.165, 1.54) is 6.20 Å². The van der Waals surface area contributed by atoms with Crippen LogP contribution >= 0.6 is 0 Å². The summed E-state index contributed by atoms with van der Waals surface area (Å²) in [6.45, 7) is 6.62. The minimum atomic E-state index is -1.15. The van der Waals surface area contributed by atoms with E-state index in [-0.39, 0.29) is 11.9 Å². The van der Waals surface area contributed by atoms with Crippen molar-refractivity contribution in [3.63, 3.8) is 0 Å². The number of ether oxygens (including phenoxy) is 1. The van der Waals surface area contributed by atoms with Crippen molar-refractivity contribution in [2.75, 3.05) is 23.8 Å². The molecule has 2 aromatic heterocycles. The summed E-state index contributed by atoms with van der Waals surface area (Å²) in [6.07, 6.45) is 5.01. The number of nitrogens with zero attached hydrogens (tertiary/aromatic N) is 3. The van der Waals surface area contributed by atoms with Gasteiger partial charge in [0.05, 0.1) is 11.3 Å². The highest BCUT2D eigenvalue weighted by Crippen LogP contribution is 2.29. The lowest BCUT2D eigenvalue weighted by Gasteiger charge is -2.24. The largest absolute Gasteiger partial charge is 0.384 e. The highest BCUT2D eigenvalue weighted by Gasteiger charge is 2.20. The molecule has 0 saturated carbocycles. The van der Waals surface area contributed by atoms with Crippen LogP contribution in [0.25, 0.3) is 11.1 Å². The molecule has 1 aliphatic heterocycles. The molecule has 3 heterocycles. The molecule has 3 aromatic rings. The fourth-order valence-corrected chi connectivity index (χ4v) is 3.97. The minimum absolute atomic E-state index is 0.236. The summed E-state index contributed by atoms with van der Waals surface area (Å²) in [5.41, 5.74) is 3.41. The third-order valence-electron chi connectivity index (χ3n) is 6.03. The van der Waals surface area contributed by atoms with Crippen LogP contribution in [0.1, 0.15) is 53.9 Å². The Morgan fingerprint density at radius 1 is 1.17 bits per heavy atom. The second-order valence-electron chi connectivity index (χ2n) is 9.24. The molecule has 4 rings (SSSR count). The molecule has 3 N–H and O–H groups in total. The number of hydrogen-bond acceptors (Lipinski definition) is 7. The molecule has 1 fully saturated rings. The summed E-state index contributed by atoms with van der Waals surface area (Å²) < 4.78 is 5.40. The second-order valence-corrected chi connectivity index (χ2v) is 9.24. The van der Waals surface area contributed by atoms with Gasteiger partial charge in [-0.25, -0.2) is 4.98 Å². The van der Waals surface area contributed by atoms with Gasteiger partial charge in [-0.1, -0.05) is 6.07 Å². The van der Waals surface area contributed by atoms with Crippen LogP contribution in [0.2, 0.25) is 0 Å². The Labute approximate surface area is 205 Å². The number of aromatic nitrogens is 2. The topological polar surface area (TPSA) is 120 Å². The number of carbonyl (C=O) groups is 1. The van der Waals surface area contributed by atoms with E-state index in [1.807, 2.05) is 31.2 Å². The van der Waals surface area contributed by atoms with Crippen LogP contribution in [0.5, 0.6) is 0 Å². The average Bonchev–Trinajstić information content (AvgIpc) is 2.85. The first-order valence-electron chi connectivity index (χ1n) is 11.6. The lowest BCUT2D eigenvalue weighted by molar-refractivity contribution is 0.0737. The molecule has 0 spiro atoms. The molecule has 1 aliphatic rings. The van der Waals surface area contributed by atoms with Crippen LogP contribution in [-0.4, -0.2) is 40.2 Å². The van der Waals surface area contributed by atoms with Crippen LogP contribution in [0.4, 0.5) is 11.5 Å². The highest BCUT2D eigenvalue weighted by molar-refractivity contribution is 6.04. The monoisotopic (exact) mass is 471 g/mol. The summed E-state index contributed by atoms with van der Waals surface area (Å²) in [7, 11) is 0. The highest BCUT2D eigenvalue weighted by atomic mass is 16.5. The lowest BCUT2D eigenvalue weighted by Crippen LogP contribution is -2.28. The maximum Gasteiger partial charge on any atom is 0.255 e. The van der Waals surface area contributed by atoms with E-state index in [9.17, 15) is 15.2 Å². The van der Waals surface area contributed by atoms with Gasteiger partial charge >= 0.3 is 0 Å². The summed E-state index contributed by atoms with van der Waals surface area (Å²) in [5, 5.41) is 26.2. The first-order chi connectivity index (χ1) is 16.7. The number of anilines is 2. The number of benzene rings is 1. The maximum atomic E-state index is 12.9. The molecular weight excluding hydrogens is 442 g/mol. The van der Waals surface area contributed by atoms with Gasteiger partial charge in [-0.3, -0.25) is 9.78 Å². The van der Waals surface area contributed by atoms with Crippen molar-refractivity contribution in [3.8, 4) is 17.2 Å². The van der Waals surface area contributed by atoms with Gasteiger partial charge in [0.2, 0.25) is 0 Å². The number of rotatable bonds is 6. The smallest absolute Gasteiger partial charge is 0.255 e. The van der Waals surface area contributed by atoms with Crippen LogP contribution in [-0.2, 0) is 10.3 Å². The van der Waals surface area contributed by atoms with Crippen LogP contribution in [0, 0.1) is 18.3 Å². The van der Waals surface area contributed by atoms with E-state index in [1.54, 1.807) is 32.2 Å². The van der Waals surface area contributed by atoms with Crippen molar-refractivity contribution >= 4 is 17.4 Å². The Morgan fingerprint density at radius 3 is 2.66 bits per heavy atom. The Morgan fingerprint density at radius 2 is 1.94 bits per heavy atom. The van der Waals surface area contributed by atoms with Gasteiger partial charge in [-0.05, 0) is 75.1 Å². The average molecular weight is 472 g/mol. The van der Waals surface area contributed by atoms with E-state index in [0.29, 0.717) is 41.5 Å². The zero-order chi connectivity index (χ0) is 25.0. The molecule has 0 atom stereocenters. The third-order valence-corrected chi connectivity index (χ3v) is 6.03. The maximum absolute atomic E-state index is 12.9. The Kier molecular flexibility index (Phi) is 7.10. The van der Waals surface area contributed by atoms with Gasteiger partial charge in [0.25, 0.3) is 5.91 Å². The number of aryl methyl sites for hydroxylation is 1. The van der Waals surface area contributed by atoms with Gasteiger partial charge in [0, 0.05) is 48.5 Å². The zero-order valence-electron chi connectivity index (χ0n) is 20.1. The van der Waals surface area contributed by atoms with Crippen molar-refractivity contribution in [1.82, 2.24) is 9.97 Å². The molecule has 0 radical (unpaired) electrons. The number of carbonyl (C=O) groups excluding carboxylic acids is 1. The fraction of sp³-hybridized carbons (Fsp3) is 0.333. The number of nitrogens with one attached hydrogen (secondary N) is 2. The van der Waals surface area contributed by atoms with Crippen LogP contribution in [0.3, 0.4) is 0 Å². The first kappa shape index (κ1) is 24.3. The van der Waals surface area contributed by atoms with E-state index in [4.69, 9.17) is 4.74 Å². The SMILES string of the molecule is Cc1ccc(NC(=O)c2ccnc(C(C)(C)O)c2)cc1-c1cnc(NC2CCOCC2)c(C#N)c1. The molecule has 180 valence electrons. The standard InChI is InChI=1S/C27H29N5O3/c1-17-4-5-22(32-26(33)18-6-9-29-24(13-18)27(2,3)34)14-23(17)20-12-19(15-28)25(30-16-20)31-21-7-10-35-11-8-21/h4-6,9,12-14,16,21,34H,7-8,10-11H2,1-3H3,(H,30,31)(H,32,33). The number of hydrogen-bond donors (Lipinski definition) is 3. The Balaban J connectivity index is 1.56. The summed E-state index contributed by atoms with van der Waals surface area (Å²) >= 11 is 0. The van der Waals surface area contributed by atoms with Crippen molar-refractivity contribution in [2.24, 2.45) is 0 Å². The summed E-state index contributed by atoms with van der Waals surface area (Å²) in [4.78, 5) is 21.6. The zero-order valence-corrected chi connectivity index (χ0v) is 20.1. The van der Waals surface area contributed by atoms with E-state index >= 15 is 0 Å². The quantitative estimate of drug-likeness (QED) is 0.487. The molecule has 8 heteroatoms. The molecule has 0 bridgehead atoms. The van der Waals surface area contributed by atoms with Gasteiger partial charge in [0.1, 0.15) is 17.5 Å². The van der Waals surface area contributed by atoms with E-state index in [0.717, 1.165) is 29.5 Å². The lowest BCUT2D eigenvalue weighted by atomic mass is 9.99. The van der Waals surface area contributed by atoms with Crippen molar-refractivity contribution in [2.45, 2.75) is 45.3 Å².